The molecule has 3 heterocycles. The maximum atomic E-state index is 12.3. The van der Waals surface area contributed by atoms with Gasteiger partial charge in [-0.05, 0) is 19.1 Å². The summed E-state index contributed by atoms with van der Waals surface area (Å²) >= 11 is 0. The van der Waals surface area contributed by atoms with Crippen molar-refractivity contribution in [3.05, 3.63) is 42.4 Å². The molecule has 0 spiro atoms. The summed E-state index contributed by atoms with van der Waals surface area (Å²) in [6, 6.07) is 5.29. The van der Waals surface area contributed by atoms with Gasteiger partial charge in [-0.25, -0.2) is 9.67 Å². The summed E-state index contributed by atoms with van der Waals surface area (Å²) in [5.74, 6) is 0.649. The second kappa shape index (κ2) is 8.05. The Hall–Kier alpha value is -1.96. The van der Waals surface area contributed by atoms with E-state index in [1.807, 2.05) is 31.3 Å². The predicted molar refractivity (Wildman–Crippen MR) is 87.7 cm³/mol. The zero-order valence-electron chi connectivity index (χ0n) is 12.8. The van der Waals surface area contributed by atoms with Gasteiger partial charge in [0, 0.05) is 37.2 Å². The van der Waals surface area contributed by atoms with E-state index in [1.54, 1.807) is 17.1 Å². The Bertz CT molecular complexity index is 635. The summed E-state index contributed by atoms with van der Waals surface area (Å²) in [6.07, 6.45) is 5.10. The minimum atomic E-state index is -0.321. The number of pyridine rings is 1. The van der Waals surface area contributed by atoms with E-state index < -0.39 is 0 Å². The Labute approximate surface area is 140 Å². The number of aromatic nitrogens is 3. The van der Waals surface area contributed by atoms with Crippen LogP contribution >= 0.6 is 12.4 Å². The van der Waals surface area contributed by atoms with E-state index in [9.17, 15) is 4.79 Å². The summed E-state index contributed by atoms with van der Waals surface area (Å²) in [6.45, 7) is 3.62. The van der Waals surface area contributed by atoms with E-state index in [4.69, 9.17) is 4.74 Å². The highest BCUT2D eigenvalue weighted by Crippen LogP contribution is 2.10. The monoisotopic (exact) mass is 337 g/mol. The molecule has 0 aromatic carbocycles. The van der Waals surface area contributed by atoms with Crippen molar-refractivity contribution < 1.29 is 9.53 Å². The summed E-state index contributed by atoms with van der Waals surface area (Å²) in [4.78, 5) is 16.6. The third-order valence-electron chi connectivity index (χ3n) is 3.64. The van der Waals surface area contributed by atoms with Crippen molar-refractivity contribution >= 4 is 18.3 Å². The summed E-state index contributed by atoms with van der Waals surface area (Å²) < 4.78 is 7.18. The van der Waals surface area contributed by atoms with Crippen LogP contribution in [0.25, 0.3) is 5.82 Å². The number of ether oxygens (including phenoxy) is 1. The topological polar surface area (TPSA) is 81.1 Å². The van der Waals surface area contributed by atoms with Gasteiger partial charge in [-0.2, -0.15) is 5.10 Å². The molecule has 0 radical (unpaired) electrons. The number of carbonyl (C=O) groups is 1. The van der Waals surface area contributed by atoms with Gasteiger partial charge in [-0.3, -0.25) is 4.79 Å². The number of halogens is 1. The van der Waals surface area contributed by atoms with Crippen molar-refractivity contribution in [3.63, 3.8) is 0 Å². The number of amides is 1. The zero-order chi connectivity index (χ0) is 15.4. The van der Waals surface area contributed by atoms with Gasteiger partial charge in [-0.15, -0.1) is 12.4 Å². The molecule has 8 heteroatoms. The molecule has 1 amide bonds. The van der Waals surface area contributed by atoms with Gasteiger partial charge in [0.25, 0.3) is 0 Å². The molecule has 2 N–H and O–H groups in total. The molecular formula is C15H20ClN5O2. The average molecular weight is 338 g/mol. The van der Waals surface area contributed by atoms with Crippen LogP contribution in [-0.4, -0.2) is 46.0 Å². The molecule has 2 aromatic rings. The highest BCUT2D eigenvalue weighted by Gasteiger charge is 2.28. The van der Waals surface area contributed by atoms with Crippen molar-refractivity contribution in [1.82, 2.24) is 25.4 Å². The average Bonchev–Trinajstić information content (AvgIpc) is 3.07. The SMILES string of the molecule is C[C@H]1OCCN[C@@H]1C(=O)NCc1cccnc1-n1cccn1.Cl. The lowest BCUT2D eigenvalue weighted by Gasteiger charge is -2.29. The normalized spacial score (nSPS) is 20.6. The molecule has 7 nitrogen and oxygen atoms in total. The second-order valence-corrected chi connectivity index (χ2v) is 5.16. The number of nitrogens with one attached hydrogen (secondary N) is 2. The molecule has 3 rings (SSSR count). The van der Waals surface area contributed by atoms with E-state index in [1.165, 1.54) is 0 Å². The van der Waals surface area contributed by atoms with Gasteiger partial charge >= 0.3 is 0 Å². The second-order valence-electron chi connectivity index (χ2n) is 5.16. The highest BCUT2D eigenvalue weighted by atomic mass is 35.5. The first-order chi connectivity index (χ1) is 10.8. The third-order valence-corrected chi connectivity index (χ3v) is 3.64. The fourth-order valence-electron chi connectivity index (χ4n) is 2.49. The van der Waals surface area contributed by atoms with Crippen molar-refractivity contribution in [2.75, 3.05) is 13.2 Å². The van der Waals surface area contributed by atoms with Crippen molar-refractivity contribution in [2.45, 2.75) is 25.6 Å². The Balaban J connectivity index is 0.00000192. The van der Waals surface area contributed by atoms with E-state index in [-0.39, 0.29) is 30.5 Å². The van der Waals surface area contributed by atoms with Crippen LogP contribution < -0.4 is 10.6 Å². The Morgan fingerprint density at radius 2 is 2.35 bits per heavy atom. The maximum Gasteiger partial charge on any atom is 0.240 e. The number of morpholine rings is 1. The molecule has 0 unspecified atom stereocenters. The number of hydrogen-bond donors (Lipinski definition) is 2. The van der Waals surface area contributed by atoms with E-state index in [0.717, 1.165) is 5.56 Å². The molecular weight excluding hydrogens is 318 g/mol. The van der Waals surface area contributed by atoms with Crippen LogP contribution in [0.1, 0.15) is 12.5 Å². The lowest BCUT2D eigenvalue weighted by Crippen LogP contribution is -2.55. The minimum absolute atomic E-state index is 0. The van der Waals surface area contributed by atoms with Gasteiger partial charge in [0.15, 0.2) is 5.82 Å². The van der Waals surface area contributed by atoms with Crippen LogP contribution in [0, 0.1) is 0 Å². The molecule has 2 aromatic heterocycles. The van der Waals surface area contributed by atoms with Gasteiger partial charge in [0.2, 0.25) is 5.91 Å². The third kappa shape index (κ3) is 4.07. The molecule has 0 saturated carbocycles. The molecule has 1 aliphatic rings. The lowest BCUT2D eigenvalue weighted by molar-refractivity contribution is -0.129. The van der Waals surface area contributed by atoms with Crippen molar-refractivity contribution in [2.24, 2.45) is 0 Å². The maximum absolute atomic E-state index is 12.3. The fourth-order valence-corrected chi connectivity index (χ4v) is 2.49. The number of hydrogen-bond acceptors (Lipinski definition) is 5. The summed E-state index contributed by atoms with van der Waals surface area (Å²) in [5.41, 5.74) is 0.906. The van der Waals surface area contributed by atoms with Gasteiger partial charge in [0.05, 0.1) is 12.7 Å². The van der Waals surface area contributed by atoms with E-state index in [0.29, 0.717) is 25.5 Å². The lowest BCUT2D eigenvalue weighted by atomic mass is 10.1. The Morgan fingerprint density at radius 1 is 1.48 bits per heavy atom. The van der Waals surface area contributed by atoms with Crippen LogP contribution in [-0.2, 0) is 16.1 Å². The van der Waals surface area contributed by atoms with Crippen LogP contribution in [0.4, 0.5) is 0 Å². The van der Waals surface area contributed by atoms with Gasteiger partial charge < -0.3 is 15.4 Å². The van der Waals surface area contributed by atoms with Crippen LogP contribution in [0.3, 0.4) is 0 Å². The molecule has 2 atom stereocenters. The Morgan fingerprint density at radius 3 is 3.09 bits per heavy atom. The molecule has 1 saturated heterocycles. The molecule has 0 aliphatic carbocycles. The van der Waals surface area contributed by atoms with Crippen LogP contribution in [0.15, 0.2) is 36.8 Å². The first-order valence-electron chi connectivity index (χ1n) is 7.32. The molecule has 1 aliphatic heterocycles. The van der Waals surface area contributed by atoms with Crippen molar-refractivity contribution in [3.8, 4) is 5.82 Å². The fraction of sp³-hybridized carbons (Fsp3) is 0.400. The van der Waals surface area contributed by atoms with E-state index in [2.05, 4.69) is 20.7 Å². The van der Waals surface area contributed by atoms with Crippen molar-refractivity contribution in [1.29, 1.82) is 0 Å². The quantitative estimate of drug-likeness (QED) is 0.857. The molecule has 124 valence electrons. The largest absolute Gasteiger partial charge is 0.375 e. The smallest absolute Gasteiger partial charge is 0.240 e. The van der Waals surface area contributed by atoms with Crippen LogP contribution in [0.5, 0.6) is 0 Å². The molecule has 23 heavy (non-hydrogen) atoms. The first-order valence-corrected chi connectivity index (χ1v) is 7.32. The predicted octanol–water partition coefficient (Wildman–Crippen LogP) is 0.682. The summed E-state index contributed by atoms with van der Waals surface area (Å²) in [7, 11) is 0. The summed E-state index contributed by atoms with van der Waals surface area (Å²) in [5, 5.41) is 10.3. The molecule has 1 fully saturated rings. The standard InChI is InChI=1S/C15H19N5O2.ClH/c1-11-13(16-7-9-22-11)15(21)18-10-12-4-2-5-17-14(12)20-8-3-6-19-20;/h2-6,8,11,13,16H,7,9-10H2,1H3,(H,18,21);1H/t11-,13+;/m1./s1. The highest BCUT2D eigenvalue weighted by molar-refractivity contribution is 5.85. The van der Waals surface area contributed by atoms with Gasteiger partial charge in [-0.1, -0.05) is 6.07 Å². The minimum Gasteiger partial charge on any atom is -0.375 e. The van der Waals surface area contributed by atoms with Gasteiger partial charge in [0.1, 0.15) is 6.04 Å². The number of nitrogens with zero attached hydrogens (tertiary/aromatic N) is 3. The van der Waals surface area contributed by atoms with Crippen LogP contribution in [0.2, 0.25) is 0 Å². The number of rotatable bonds is 4. The van der Waals surface area contributed by atoms with E-state index >= 15 is 0 Å². The Kier molecular flexibility index (Phi) is 6.09. The zero-order valence-corrected chi connectivity index (χ0v) is 13.6. The molecule has 0 bridgehead atoms. The number of carbonyl (C=O) groups excluding carboxylic acids is 1. The first kappa shape index (κ1) is 17.4.